The zero-order chi connectivity index (χ0) is 14.0. The summed E-state index contributed by atoms with van der Waals surface area (Å²) in [5.41, 5.74) is 0.821. The lowest BCUT2D eigenvalue weighted by Crippen LogP contribution is -2.05. The average Bonchev–Trinajstić information content (AvgIpc) is 2.41. The molecule has 0 atom stereocenters. The van der Waals surface area contributed by atoms with Gasteiger partial charge in [-0.05, 0) is 24.6 Å². The summed E-state index contributed by atoms with van der Waals surface area (Å²) in [4.78, 5) is 23.2. The molecule has 2 N–H and O–H groups in total. The molecular weight excluding hydrogens is 244 g/mol. The highest BCUT2D eigenvalue weighted by molar-refractivity contribution is 6.10. The van der Waals surface area contributed by atoms with Crippen LogP contribution < -0.4 is 0 Å². The number of benzene rings is 2. The molecular formula is C15H12O4. The van der Waals surface area contributed by atoms with Crippen LogP contribution in [0.4, 0.5) is 0 Å². The summed E-state index contributed by atoms with van der Waals surface area (Å²) in [6.45, 7) is 1.56. The highest BCUT2D eigenvalue weighted by Gasteiger charge is 2.17. The predicted octanol–water partition coefficient (Wildman–Crippen LogP) is 2.63. The van der Waals surface area contributed by atoms with Crippen molar-refractivity contribution in [2.24, 2.45) is 0 Å². The molecule has 0 spiro atoms. The Balaban J connectivity index is 2.52. The predicted molar refractivity (Wildman–Crippen MR) is 69.7 cm³/mol. The van der Waals surface area contributed by atoms with E-state index in [0.29, 0.717) is 11.1 Å². The molecule has 4 heteroatoms. The summed E-state index contributed by atoms with van der Waals surface area (Å²) in [5, 5.41) is 18.6. The lowest BCUT2D eigenvalue weighted by molar-refractivity contribution is 0.0693. The quantitative estimate of drug-likeness (QED) is 0.828. The zero-order valence-electron chi connectivity index (χ0n) is 10.3. The van der Waals surface area contributed by atoms with Crippen LogP contribution in [0.1, 0.15) is 31.8 Å². The average molecular weight is 256 g/mol. The fourth-order valence-electron chi connectivity index (χ4n) is 1.83. The molecule has 0 unspecified atom stereocenters. The molecule has 4 nitrogen and oxygen atoms in total. The van der Waals surface area contributed by atoms with Gasteiger partial charge in [0.05, 0.1) is 0 Å². The summed E-state index contributed by atoms with van der Waals surface area (Å²) in [7, 11) is 0. The van der Waals surface area contributed by atoms with Crippen LogP contribution >= 0.6 is 0 Å². The van der Waals surface area contributed by atoms with E-state index in [1.54, 1.807) is 37.3 Å². The minimum atomic E-state index is -1.26. The van der Waals surface area contributed by atoms with E-state index < -0.39 is 5.97 Å². The lowest BCUT2D eigenvalue weighted by Gasteiger charge is -2.07. The van der Waals surface area contributed by atoms with Gasteiger partial charge in [-0.25, -0.2) is 4.79 Å². The normalized spacial score (nSPS) is 10.2. The molecule has 0 saturated carbocycles. The maximum absolute atomic E-state index is 12.2. The third-order valence-corrected chi connectivity index (χ3v) is 2.83. The largest absolute Gasteiger partial charge is 0.507 e. The van der Waals surface area contributed by atoms with Crippen LogP contribution in [0, 0.1) is 6.92 Å². The van der Waals surface area contributed by atoms with Crippen molar-refractivity contribution in [3.8, 4) is 5.75 Å². The Morgan fingerprint density at radius 2 is 1.63 bits per heavy atom. The minimum Gasteiger partial charge on any atom is -0.507 e. The van der Waals surface area contributed by atoms with Gasteiger partial charge in [-0.15, -0.1) is 0 Å². The lowest BCUT2D eigenvalue weighted by atomic mass is 9.98. The number of hydrogen-bond acceptors (Lipinski definition) is 3. The highest BCUT2D eigenvalue weighted by Crippen LogP contribution is 2.25. The third-order valence-electron chi connectivity index (χ3n) is 2.83. The molecule has 0 radical (unpaired) electrons. The molecule has 0 aliphatic heterocycles. The Bertz CT molecular complexity index is 645. The van der Waals surface area contributed by atoms with Gasteiger partial charge in [-0.2, -0.15) is 0 Å². The Morgan fingerprint density at radius 1 is 1.00 bits per heavy atom. The molecule has 0 bridgehead atoms. The molecule has 96 valence electrons. The van der Waals surface area contributed by atoms with E-state index in [1.807, 2.05) is 0 Å². The van der Waals surface area contributed by atoms with Gasteiger partial charge in [0.25, 0.3) is 0 Å². The number of aromatic carboxylic acids is 1. The van der Waals surface area contributed by atoms with Crippen molar-refractivity contribution in [1.82, 2.24) is 0 Å². The van der Waals surface area contributed by atoms with Gasteiger partial charge in [0.15, 0.2) is 5.78 Å². The van der Waals surface area contributed by atoms with E-state index in [1.165, 1.54) is 12.1 Å². The third kappa shape index (κ3) is 2.47. The van der Waals surface area contributed by atoms with E-state index in [-0.39, 0.29) is 22.7 Å². The molecule has 0 aliphatic carbocycles. The summed E-state index contributed by atoms with van der Waals surface area (Å²) < 4.78 is 0. The number of aryl methyl sites for hydroxylation is 1. The van der Waals surface area contributed by atoms with Crippen molar-refractivity contribution >= 4 is 11.8 Å². The number of rotatable bonds is 3. The number of carboxylic acids is 1. The van der Waals surface area contributed by atoms with Crippen molar-refractivity contribution in [1.29, 1.82) is 0 Å². The fraction of sp³-hybridized carbons (Fsp3) is 0.0667. The van der Waals surface area contributed by atoms with Gasteiger partial charge < -0.3 is 10.2 Å². The van der Waals surface area contributed by atoms with Crippen LogP contribution in [0.5, 0.6) is 5.75 Å². The maximum atomic E-state index is 12.2. The number of hydrogen-bond donors (Lipinski definition) is 2. The molecule has 2 aromatic rings. The number of carbonyl (C=O) groups is 2. The molecule has 0 heterocycles. The van der Waals surface area contributed by atoms with Crippen LogP contribution in [0.2, 0.25) is 0 Å². The Labute approximate surface area is 109 Å². The van der Waals surface area contributed by atoms with Crippen molar-refractivity contribution in [3.63, 3.8) is 0 Å². The number of carboxylic acid groups (broad SMARTS) is 1. The number of ketones is 1. The summed E-state index contributed by atoms with van der Waals surface area (Å²) >= 11 is 0. The highest BCUT2D eigenvalue weighted by atomic mass is 16.4. The number of carbonyl (C=O) groups excluding carboxylic acids is 1. The number of aromatic hydroxyl groups is 1. The topological polar surface area (TPSA) is 74.6 Å². The molecule has 0 fully saturated rings. The van der Waals surface area contributed by atoms with Crippen molar-refractivity contribution in [2.75, 3.05) is 0 Å². The van der Waals surface area contributed by atoms with Gasteiger partial charge in [-0.3, -0.25) is 4.79 Å². The van der Waals surface area contributed by atoms with Gasteiger partial charge in [0.2, 0.25) is 0 Å². The van der Waals surface area contributed by atoms with Gasteiger partial charge in [0.1, 0.15) is 11.3 Å². The van der Waals surface area contributed by atoms with Crippen molar-refractivity contribution < 1.29 is 19.8 Å². The SMILES string of the molecule is Cc1cc(C(=O)c2ccccc2)cc(C(=O)O)c1O. The van der Waals surface area contributed by atoms with Crippen molar-refractivity contribution in [3.05, 3.63) is 64.7 Å². The van der Waals surface area contributed by atoms with Gasteiger partial charge in [0, 0.05) is 11.1 Å². The minimum absolute atomic E-state index is 0.249. The monoisotopic (exact) mass is 256 g/mol. The van der Waals surface area contributed by atoms with Crippen LogP contribution in [0.25, 0.3) is 0 Å². The van der Waals surface area contributed by atoms with E-state index in [2.05, 4.69) is 0 Å². The second kappa shape index (κ2) is 4.94. The maximum Gasteiger partial charge on any atom is 0.339 e. The Kier molecular flexibility index (Phi) is 3.33. The first kappa shape index (κ1) is 12.8. The van der Waals surface area contributed by atoms with Gasteiger partial charge in [-0.1, -0.05) is 30.3 Å². The first-order valence-electron chi connectivity index (χ1n) is 5.67. The number of phenols is 1. The molecule has 19 heavy (non-hydrogen) atoms. The molecule has 2 aromatic carbocycles. The fourth-order valence-corrected chi connectivity index (χ4v) is 1.83. The molecule has 0 aromatic heterocycles. The molecule has 2 rings (SSSR count). The van der Waals surface area contributed by atoms with E-state index in [9.17, 15) is 14.7 Å². The van der Waals surface area contributed by atoms with E-state index in [0.717, 1.165) is 0 Å². The zero-order valence-corrected chi connectivity index (χ0v) is 10.3. The van der Waals surface area contributed by atoms with Crippen LogP contribution in [0.15, 0.2) is 42.5 Å². The van der Waals surface area contributed by atoms with Crippen LogP contribution in [-0.4, -0.2) is 22.0 Å². The summed E-state index contributed by atoms with van der Waals surface area (Å²) in [5.74, 6) is -1.84. The second-order valence-corrected chi connectivity index (χ2v) is 4.19. The first-order chi connectivity index (χ1) is 9.00. The van der Waals surface area contributed by atoms with Crippen molar-refractivity contribution in [2.45, 2.75) is 6.92 Å². The van der Waals surface area contributed by atoms with Crippen LogP contribution in [-0.2, 0) is 0 Å². The molecule has 0 amide bonds. The van der Waals surface area contributed by atoms with Gasteiger partial charge >= 0.3 is 5.97 Å². The summed E-state index contributed by atoms with van der Waals surface area (Å²) in [6, 6.07) is 11.3. The summed E-state index contributed by atoms with van der Waals surface area (Å²) in [6.07, 6.45) is 0. The molecule has 0 saturated heterocycles. The first-order valence-corrected chi connectivity index (χ1v) is 5.67. The van der Waals surface area contributed by atoms with Crippen LogP contribution in [0.3, 0.4) is 0 Å². The van der Waals surface area contributed by atoms with E-state index >= 15 is 0 Å². The Morgan fingerprint density at radius 3 is 2.21 bits per heavy atom. The van der Waals surface area contributed by atoms with E-state index in [4.69, 9.17) is 5.11 Å². The smallest absolute Gasteiger partial charge is 0.339 e. The standard InChI is InChI=1S/C15H12O4/c1-9-7-11(8-12(13(9)16)15(18)19)14(17)10-5-3-2-4-6-10/h2-8,16H,1H3,(H,18,19). The molecule has 0 aliphatic rings. The Hall–Kier alpha value is -2.62. The second-order valence-electron chi connectivity index (χ2n) is 4.19.